The van der Waals surface area contributed by atoms with E-state index in [4.69, 9.17) is 23.2 Å². The standard InChI is InChI=1S/C11H11Cl2NO/c12-7-3-4-9(13)8(6-7)11(15)10-2-1-5-14-10/h3-4,6,10,14H,1-2,5H2. The summed E-state index contributed by atoms with van der Waals surface area (Å²) in [5, 5.41) is 4.16. The van der Waals surface area contributed by atoms with Gasteiger partial charge in [-0.25, -0.2) is 0 Å². The van der Waals surface area contributed by atoms with Crippen LogP contribution in [-0.4, -0.2) is 18.4 Å². The second kappa shape index (κ2) is 4.52. The third-order valence-corrected chi connectivity index (χ3v) is 3.14. The Balaban J connectivity index is 2.27. The molecule has 80 valence electrons. The molecule has 0 spiro atoms. The Kier molecular flexibility index (Phi) is 3.29. The van der Waals surface area contributed by atoms with Gasteiger partial charge in [0.1, 0.15) is 0 Å². The summed E-state index contributed by atoms with van der Waals surface area (Å²) in [5.74, 6) is 0.0417. The zero-order chi connectivity index (χ0) is 10.8. The largest absolute Gasteiger partial charge is 0.307 e. The molecule has 4 heteroatoms. The van der Waals surface area contributed by atoms with Gasteiger partial charge in [0.25, 0.3) is 0 Å². The van der Waals surface area contributed by atoms with Crippen molar-refractivity contribution in [1.82, 2.24) is 5.32 Å². The highest BCUT2D eigenvalue weighted by Gasteiger charge is 2.24. The lowest BCUT2D eigenvalue weighted by atomic mass is 10.0. The SMILES string of the molecule is O=C(c1cc(Cl)ccc1Cl)C1CCCN1. The van der Waals surface area contributed by atoms with Gasteiger partial charge in [0.2, 0.25) is 0 Å². The van der Waals surface area contributed by atoms with Crippen LogP contribution in [-0.2, 0) is 0 Å². The van der Waals surface area contributed by atoms with E-state index in [0.717, 1.165) is 19.4 Å². The van der Waals surface area contributed by atoms with Crippen LogP contribution in [0.25, 0.3) is 0 Å². The van der Waals surface area contributed by atoms with Crippen LogP contribution in [0.5, 0.6) is 0 Å². The quantitative estimate of drug-likeness (QED) is 0.810. The van der Waals surface area contributed by atoms with Gasteiger partial charge in [0, 0.05) is 10.6 Å². The monoisotopic (exact) mass is 243 g/mol. The number of benzene rings is 1. The Labute approximate surface area is 98.6 Å². The van der Waals surface area contributed by atoms with Gasteiger partial charge in [0.15, 0.2) is 5.78 Å². The van der Waals surface area contributed by atoms with E-state index in [0.29, 0.717) is 15.6 Å². The molecule has 0 aliphatic carbocycles. The molecular weight excluding hydrogens is 233 g/mol. The lowest BCUT2D eigenvalue weighted by molar-refractivity contribution is 0.0952. The van der Waals surface area contributed by atoms with Crippen LogP contribution in [0.3, 0.4) is 0 Å². The molecule has 0 aromatic heterocycles. The number of halogens is 2. The summed E-state index contributed by atoms with van der Waals surface area (Å²) in [6.45, 7) is 0.897. The Morgan fingerprint density at radius 2 is 2.20 bits per heavy atom. The first-order chi connectivity index (χ1) is 7.18. The van der Waals surface area contributed by atoms with Crippen molar-refractivity contribution in [2.75, 3.05) is 6.54 Å². The number of rotatable bonds is 2. The Bertz CT molecular complexity index is 386. The van der Waals surface area contributed by atoms with E-state index >= 15 is 0 Å². The van der Waals surface area contributed by atoms with Crippen molar-refractivity contribution in [3.05, 3.63) is 33.8 Å². The van der Waals surface area contributed by atoms with Gasteiger partial charge in [-0.1, -0.05) is 23.2 Å². The number of hydrogen-bond donors (Lipinski definition) is 1. The lowest BCUT2D eigenvalue weighted by Crippen LogP contribution is -2.30. The first-order valence-corrected chi connectivity index (χ1v) is 5.67. The lowest BCUT2D eigenvalue weighted by Gasteiger charge is -2.10. The second-order valence-electron chi connectivity index (χ2n) is 3.64. The van der Waals surface area contributed by atoms with E-state index in [2.05, 4.69) is 5.32 Å². The summed E-state index contributed by atoms with van der Waals surface area (Å²) in [6.07, 6.45) is 1.91. The Morgan fingerprint density at radius 3 is 2.87 bits per heavy atom. The zero-order valence-corrected chi connectivity index (χ0v) is 9.61. The highest BCUT2D eigenvalue weighted by Crippen LogP contribution is 2.23. The maximum Gasteiger partial charge on any atom is 0.181 e. The van der Waals surface area contributed by atoms with Crippen molar-refractivity contribution < 1.29 is 4.79 Å². The summed E-state index contributed by atoms with van der Waals surface area (Å²) in [4.78, 5) is 12.0. The molecule has 1 fully saturated rings. The molecule has 1 aromatic rings. The first kappa shape index (κ1) is 10.9. The molecule has 1 aromatic carbocycles. The molecule has 0 saturated carbocycles. The summed E-state index contributed by atoms with van der Waals surface area (Å²) < 4.78 is 0. The van der Waals surface area contributed by atoms with Crippen LogP contribution < -0.4 is 5.32 Å². The fourth-order valence-corrected chi connectivity index (χ4v) is 2.17. The maximum atomic E-state index is 12.0. The number of carbonyl (C=O) groups excluding carboxylic acids is 1. The average molecular weight is 244 g/mol. The fraction of sp³-hybridized carbons (Fsp3) is 0.364. The van der Waals surface area contributed by atoms with Crippen LogP contribution in [0.15, 0.2) is 18.2 Å². The zero-order valence-electron chi connectivity index (χ0n) is 8.09. The van der Waals surface area contributed by atoms with Crippen LogP contribution in [0.4, 0.5) is 0 Å². The van der Waals surface area contributed by atoms with Gasteiger partial charge in [0.05, 0.1) is 11.1 Å². The van der Waals surface area contributed by atoms with Gasteiger partial charge in [-0.3, -0.25) is 4.79 Å². The molecule has 2 nitrogen and oxygen atoms in total. The number of carbonyl (C=O) groups is 1. The van der Waals surface area contributed by atoms with Gasteiger partial charge >= 0.3 is 0 Å². The van der Waals surface area contributed by atoms with Crippen molar-refractivity contribution in [3.63, 3.8) is 0 Å². The molecule has 1 N–H and O–H groups in total. The van der Waals surface area contributed by atoms with Gasteiger partial charge < -0.3 is 5.32 Å². The van der Waals surface area contributed by atoms with Crippen molar-refractivity contribution in [2.24, 2.45) is 0 Å². The molecule has 2 rings (SSSR count). The molecular formula is C11H11Cl2NO. The highest BCUT2D eigenvalue weighted by atomic mass is 35.5. The molecule has 1 saturated heterocycles. The molecule has 1 heterocycles. The van der Waals surface area contributed by atoms with Crippen molar-refractivity contribution in [2.45, 2.75) is 18.9 Å². The van der Waals surface area contributed by atoms with E-state index in [-0.39, 0.29) is 11.8 Å². The summed E-state index contributed by atoms with van der Waals surface area (Å²) in [7, 11) is 0. The normalized spacial score (nSPS) is 20.5. The summed E-state index contributed by atoms with van der Waals surface area (Å²) >= 11 is 11.8. The smallest absolute Gasteiger partial charge is 0.181 e. The van der Waals surface area contributed by atoms with E-state index in [1.165, 1.54) is 0 Å². The summed E-state index contributed by atoms with van der Waals surface area (Å²) in [5.41, 5.74) is 0.517. The third kappa shape index (κ3) is 2.33. The van der Waals surface area contributed by atoms with E-state index in [1.807, 2.05) is 0 Å². The average Bonchev–Trinajstić information content (AvgIpc) is 2.74. The molecule has 1 aliphatic heterocycles. The maximum absolute atomic E-state index is 12.0. The molecule has 15 heavy (non-hydrogen) atoms. The first-order valence-electron chi connectivity index (χ1n) is 4.91. The molecule has 0 bridgehead atoms. The minimum absolute atomic E-state index is 0.0417. The van der Waals surface area contributed by atoms with Crippen LogP contribution in [0, 0.1) is 0 Å². The van der Waals surface area contributed by atoms with Crippen LogP contribution >= 0.6 is 23.2 Å². The Hall–Kier alpha value is -0.570. The molecule has 1 aliphatic rings. The van der Waals surface area contributed by atoms with E-state index in [9.17, 15) is 4.79 Å². The number of Topliss-reactive ketones (excluding diaryl/α,β-unsaturated/α-hetero) is 1. The number of ketones is 1. The number of hydrogen-bond acceptors (Lipinski definition) is 2. The van der Waals surface area contributed by atoms with Gasteiger partial charge in [-0.15, -0.1) is 0 Å². The molecule has 1 unspecified atom stereocenters. The third-order valence-electron chi connectivity index (χ3n) is 2.57. The van der Waals surface area contributed by atoms with E-state index < -0.39 is 0 Å². The topological polar surface area (TPSA) is 29.1 Å². The van der Waals surface area contributed by atoms with Crippen LogP contribution in [0.2, 0.25) is 10.0 Å². The van der Waals surface area contributed by atoms with Crippen molar-refractivity contribution in [3.8, 4) is 0 Å². The predicted molar refractivity (Wildman–Crippen MR) is 61.8 cm³/mol. The predicted octanol–water partition coefficient (Wildman–Crippen LogP) is 2.93. The minimum atomic E-state index is -0.0963. The van der Waals surface area contributed by atoms with Gasteiger partial charge in [-0.2, -0.15) is 0 Å². The summed E-state index contributed by atoms with van der Waals surface area (Å²) in [6, 6.07) is 4.88. The molecule has 1 atom stereocenters. The van der Waals surface area contributed by atoms with Gasteiger partial charge in [-0.05, 0) is 37.6 Å². The Morgan fingerprint density at radius 1 is 1.40 bits per heavy atom. The second-order valence-corrected chi connectivity index (χ2v) is 4.48. The minimum Gasteiger partial charge on any atom is -0.307 e. The van der Waals surface area contributed by atoms with Crippen molar-refractivity contribution >= 4 is 29.0 Å². The van der Waals surface area contributed by atoms with E-state index in [1.54, 1.807) is 18.2 Å². The highest BCUT2D eigenvalue weighted by molar-refractivity contribution is 6.36. The molecule has 0 radical (unpaired) electrons. The van der Waals surface area contributed by atoms with Crippen molar-refractivity contribution in [1.29, 1.82) is 0 Å². The van der Waals surface area contributed by atoms with Crippen LogP contribution in [0.1, 0.15) is 23.2 Å². The number of nitrogens with one attached hydrogen (secondary N) is 1. The fourth-order valence-electron chi connectivity index (χ4n) is 1.78. The molecule has 0 amide bonds.